The van der Waals surface area contributed by atoms with Crippen molar-refractivity contribution in [3.05, 3.63) is 12.2 Å². The van der Waals surface area contributed by atoms with Crippen molar-refractivity contribution in [1.29, 1.82) is 0 Å². The fourth-order valence-electron chi connectivity index (χ4n) is 0.482. The Morgan fingerprint density at radius 3 is 2.91 bits per heavy atom. The van der Waals surface area contributed by atoms with Crippen molar-refractivity contribution in [3.8, 4) is 0 Å². The molecular weight excluding hydrogens is 146 g/mol. The van der Waals surface area contributed by atoms with Crippen LogP contribution in [0.1, 0.15) is 6.92 Å². The van der Waals surface area contributed by atoms with Gasteiger partial charge in [0.15, 0.2) is 0 Å². The molecular formula is C7H13NO3. The first-order valence-corrected chi connectivity index (χ1v) is 3.47. The SMILES string of the molecule is CCOC(=O)NC/C=C\CO. The molecule has 4 heteroatoms. The second-order valence-electron chi connectivity index (χ2n) is 1.76. The highest BCUT2D eigenvalue weighted by Gasteiger charge is 1.94. The summed E-state index contributed by atoms with van der Waals surface area (Å²) >= 11 is 0. The molecule has 0 bridgehead atoms. The Hall–Kier alpha value is -1.03. The molecule has 0 fully saturated rings. The van der Waals surface area contributed by atoms with Crippen LogP contribution in [0.5, 0.6) is 0 Å². The van der Waals surface area contributed by atoms with E-state index in [1.807, 2.05) is 0 Å². The summed E-state index contributed by atoms with van der Waals surface area (Å²) in [7, 11) is 0. The van der Waals surface area contributed by atoms with Crippen LogP contribution in [0.25, 0.3) is 0 Å². The highest BCUT2D eigenvalue weighted by atomic mass is 16.5. The number of carbonyl (C=O) groups excluding carboxylic acids is 1. The van der Waals surface area contributed by atoms with Gasteiger partial charge < -0.3 is 15.2 Å². The van der Waals surface area contributed by atoms with E-state index in [4.69, 9.17) is 5.11 Å². The van der Waals surface area contributed by atoms with E-state index in [-0.39, 0.29) is 6.61 Å². The van der Waals surface area contributed by atoms with E-state index >= 15 is 0 Å². The van der Waals surface area contributed by atoms with Crippen LogP contribution in [-0.4, -0.2) is 31.0 Å². The van der Waals surface area contributed by atoms with Gasteiger partial charge in [-0.05, 0) is 6.92 Å². The average Bonchev–Trinajstić information content (AvgIpc) is 1.99. The lowest BCUT2D eigenvalue weighted by molar-refractivity contribution is 0.153. The predicted octanol–water partition coefficient (Wildman–Crippen LogP) is 0.281. The van der Waals surface area contributed by atoms with Gasteiger partial charge in [0.1, 0.15) is 0 Å². The Balaban J connectivity index is 3.24. The fourth-order valence-corrected chi connectivity index (χ4v) is 0.482. The van der Waals surface area contributed by atoms with Crippen molar-refractivity contribution in [2.24, 2.45) is 0 Å². The Morgan fingerprint density at radius 2 is 2.36 bits per heavy atom. The molecule has 2 N–H and O–H groups in total. The van der Waals surface area contributed by atoms with Crippen LogP contribution >= 0.6 is 0 Å². The Kier molecular flexibility index (Phi) is 6.42. The molecule has 1 amide bonds. The zero-order valence-corrected chi connectivity index (χ0v) is 6.54. The molecule has 0 rings (SSSR count). The summed E-state index contributed by atoms with van der Waals surface area (Å²) in [5, 5.41) is 10.8. The predicted molar refractivity (Wildman–Crippen MR) is 41.3 cm³/mol. The van der Waals surface area contributed by atoms with Gasteiger partial charge in [0.25, 0.3) is 0 Å². The second kappa shape index (κ2) is 7.08. The summed E-state index contributed by atoms with van der Waals surface area (Å²) in [6.45, 7) is 2.49. The molecule has 11 heavy (non-hydrogen) atoms. The van der Waals surface area contributed by atoms with Gasteiger partial charge in [0.05, 0.1) is 13.2 Å². The van der Waals surface area contributed by atoms with Crippen LogP contribution in [-0.2, 0) is 4.74 Å². The van der Waals surface area contributed by atoms with Crippen LogP contribution < -0.4 is 5.32 Å². The maximum atomic E-state index is 10.6. The van der Waals surface area contributed by atoms with Crippen molar-refractivity contribution >= 4 is 6.09 Å². The standard InChI is InChI=1S/C7H13NO3/c1-2-11-7(10)8-5-3-4-6-9/h3-4,9H,2,5-6H2,1H3,(H,8,10)/b4-3-. The van der Waals surface area contributed by atoms with Gasteiger partial charge in [0, 0.05) is 6.54 Å². The zero-order chi connectivity index (χ0) is 8.53. The van der Waals surface area contributed by atoms with E-state index in [1.54, 1.807) is 19.1 Å². The summed E-state index contributed by atoms with van der Waals surface area (Å²) in [6, 6.07) is 0. The Morgan fingerprint density at radius 1 is 1.64 bits per heavy atom. The molecule has 0 aliphatic carbocycles. The van der Waals surface area contributed by atoms with Crippen molar-refractivity contribution < 1.29 is 14.6 Å². The molecule has 0 aliphatic rings. The minimum atomic E-state index is -0.435. The van der Waals surface area contributed by atoms with Crippen LogP contribution in [0.15, 0.2) is 12.2 Å². The molecule has 0 saturated carbocycles. The van der Waals surface area contributed by atoms with E-state index in [0.717, 1.165) is 0 Å². The molecule has 0 aliphatic heterocycles. The van der Waals surface area contributed by atoms with E-state index in [0.29, 0.717) is 13.2 Å². The van der Waals surface area contributed by atoms with Crippen molar-refractivity contribution in [2.75, 3.05) is 19.8 Å². The number of aliphatic hydroxyl groups excluding tert-OH is 1. The quantitative estimate of drug-likeness (QED) is 0.579. The third kappa shape index (κ3) is 6.86. The van der Waals surface area contributed by atoms with Crippen LogP contribution in [0.2, 0.25) is 0 Å². The molecule has 0 atom stereocenters. The third-order valence-electron chi connectivity index (χ3n) is 0.912. The average molecular weight is 159 g/mol. The van der Waals surface area contributed by atoms with E-state index in [9.17, 15) is 4.79 Å². The number of hydrogen-bond acceptors (Lipinski definition) is 3. The van der Waals surface area contributed by atoms with Crippen molar-refractivity contribution in [3.63, 3.8) is 0 Å². The molecule has 0 heterocycles. The molecule has 0 aromatic rings. The van der Waals surface area contributed by atoms with Crippen molar-refractivity contribution in [2.45, 2.75) is 6.92 Å². The smallest absolute Gasteiger partial charge is 0.407 e. The van der Waals surface area contributed by atoms with Gasteiger partial charge in [-0.3, -0.25) is 0 Å². The summed E-state index contributed by atoms with van der Waals surface area (Å²) in [6.07, 6.45) is 2.76. The largest absolute Gasteiger partial charge is 0.450 e. The fraction of sp³-hybridized carbons (Fsp3) is 0.571. The maximum absolute atomic E-state index is 10.6. The Labute approximate surface area is 65.9 Å². The Bertz CT molecular complexity index is 134. The highest BCUT2D eigenvalue weighted by molar-refractivity contribution is 5.67. The number of nitrogens with one attached hydrogen (secondary N) is 1. The number of alkyl carbamates (subject to hydrolysis) is 1. The molecule has 4 nitrogen and oxygen atoms in total. The molecule has 64 valence electrons. The molecule has 0 unspecified atom stereocenters. The highest BCUT2D eigenvalue weighted by Crippen LogP contribution is 1.75. The van der Waals surface area contributed by atoms with Gasteiger partial charge in [0.2, 0.25) is 0 Å². The van der Waals surface area contributed by atoms with Gasteiger partial charge in [-0.1, -0.05) is 12.2 Å². The van der Waals surface area contributed by atoms with Crippen LogP contribution in [0.3, 0.4) is 0 Å². The minimum Gasteiger partial charge on any atom is -0.450 e. The van der Waals surface area contributed by atoms with Gasteiger partial charge in [-0.25, -0.2) is 4.79 Å². The molecule has 0 aromatic carbocycles. The van der Waals surface area contributed by atoms with E-state index in [1.165, 1.54) is 0 Å². The van der Waals surface area contributed by atoms with Crippen LogP contribution in [0, 0.1) is 0 Å². The topological polar surface area (TPSA) is 58.6 Å². The lowest BCUT2D eigenvalue weighted by atomic mass is 10.5. The first-order chi connectivity index (χ1) is 5.31. The lowest BCUT2D eigenvalue weighted by Gasteiger charge is -2.00. The van der Waals surface area contributed by atoms with E-state index in [2.05, 4.69) is 10.1 Å². The number of rotatable bonds is 4. The molecule has 0 saturated heterocycles. The summed E-state index contributed by atoms with van der Waals surface area (Å²) in [4.78, 5) is 10.6. The number of ether oxygens (including phenoxy) is 1. The summed E-state index contributed by atoms with van der Waals surface area (Å²) in [5.74, 6) is 0. The van der Waals surface area contributed by atoms with E-state index < -0.39 is 6.09 Å². The minimum absolute atomic E-state index is 0.00942. The summed E-state index contributed by atoms with van der Waals surface area (Å²) in [5.41, 5.74) is 0. The lowest BCUT2D eigenvalue weighted by Crippen LogP contribution is -2.24. The third-order valence-corrected chi connectivity index (χ3v) is 0.912. The summed E-state index contributed by atoms with van der Waals surface area (Å²) < 4.78 is 4.58. The number of carbonyl (C=O) groups is 1. The van der Waals surface area contributed by atoms with Crippen LogP contribution in [0.4, 0.5) is 4.79 Å². The number of aliphatic hydroxyl groups is 1. The molecule has 0 radical (unpaired) electrons. The second-order valence-corrected chi connectivity index (χ2v) is 1.76. The monoisotopic (exact) mass is 159 g/mol. The molecule has 0 aromatic heterocycles. The number of hydrogen-bond donors (Lipinski definition) is 2. The number of amides is 1. The van der Waals surface area contributed by atoms with Gasteiger partial charge in [-0.15, -0.1) is 0 Å². The van der Waals surface area contributed by atoms with Crippen molar-refractivity contribution in [1.82, 2.24) is 5.32 Å². The first-order valence-electron chi connectivity index (χ1n) is 3.47. The zero-order valence-electron chi connectivity index (χ0n) is 6.54. The first kappa shape index (κ1) is 9.97. The maximum Gasteiger partial charge on any atom is 0.407 e. The van der Waals surface area contributed by atoms with Gasteiger partial charge in [-0.2, -0.15) is 0 Å². The molecule has 0 spiro atoms. The van der Waals surface area contributed by atoms with Gasteiger partial charge >= 0.3 is 6.09 Å². The normalized spacial score (nSPS) is 10.0.